The number of hydrogen-bond donors (Lipinski definition) is 0. The zero-order chi connectivity index (χ0) is 32.3. The number of nitrogens with zero attached hydrogens (tertiary/aromatic N) is 4. The predicted octanol–water partition coefficient (Wildman–Crippen LogP) is 10.9. The fourth-order valence-electron chi connectivity index (χ4n) is 6.23. The summed E-state index contributed by atoms with van der Waals surface area (Å²) in [6.45, 7) is 0. The lowest BCUT2D eigenvalue weighted by Crippen LogP contribution is -2.02. The van der Waals surface area contributed by atoms with Gasteiger partial charge in [-0.25, -0.2) is 15.0 Å². The normalized spacial score (nSPS) is 10.9. The largest absolute Gasteiger partial charge is 0.208 e. The lowest BCUT2D eigenvalue weighted by molar-refractivity contribution is 1.07. The molecular weight excluding hydrogens is 585 g/mol. The molecule has 4 nitrogen and oxygen atoms in total. The minimum absolute atomic E-state index is 0.543. The summed E-state index contributed by atoms with van der Waals surface area (Å²) in [6, 6.07) is 60.0. The molecule has 0 bridgehead atoms. The fourth-order valence-corrected chi connectivity index (χ4v) is 6.23. The molecule has 48 heavy (non-hydrogen) atoms. The maximum absolute atomic E-state index is 9.42. The van der Waals surface area contributed by atoms with E-state index in [1.807, 2.05) is 36.4 Å². The lowest BCUT2D eigenvalue weighted by Gasteiger charge is -2.17. The maximum Gasteiger partial charge on any atom is 0.164 e. The van der Waals surface area contributed by atoms with E-state index in [0.29, 0.717) is 23.0 Å². The van der Waals surface area contributed by atoms with Crippen LogP contribution in [0.4, 0.5) is 0 Å². The number of hydrogen-bond acceptors (Lipinski definition) is 4. The first kappa shape index (κ1) is 28.8. The first-order chi connectivity index (χ1) is 23.7. The SMILES string of the molecule is N#Cc1ccc(-c2nc(-c3ccc(-c4ccccc4)cc3)nc(-c3cccc(-c4cccc5ccccc45)c3-c3ccccc3)n2)cc1. The summed E-state index contributed by atoms with van der Waals surface area (Å²) >= 11 is 0. The molecule has 0 aliphatic heterocycles. The van der Waals surface area contributed by atoms with E-state index in [4.69, 9.17) is 15.0 Å². The third-order valence-corrected chi connectivity index (χ3v) is 8.61. The second kappa shape index (κ2) is 12.6. The predicted molar refractivity (Wildman–Crippen MR) is 195 cm³/mol. The Kier molecular flexibility index (Phi) is 7.54. The monoisotopic (exact) mass is 612 g/mol. The fraction of sp³-hybridized carbons (Fsp3) is 0. The first-order valence-electron chi connectivity index (χ1n) is 15.8. The Hall–Kier alpha value is -6.70. The molecule has 8 rings (SSSR count). The number of nitriles is 1. The highest BCUT2D eigenvalue weighted by molar-refractivity contribution is 6.03. The van der Waals surface area contributed by atoms with Crippen LogP contribution in [-0.2, 0) is 0 Å². The summed E-state index contributed by atoms with van der Waals surface area (Å²) in [5.74, 6) is 1.70. The zero-order valence-electron chi connectivity index (χ0n) is 26.0. The van der Waals surface area contributed by atoms with E-state index in [-0.39, 0.29) is 0 Å². The van der Waals surface area contributed by atoms with Gasteiger partial charge >= 0.3 is 0 Å². The van der Waals surface area contributed by atoms with Crippen molar-refractivity contribution in [1.82, 2.24) is 15.0 Å². The molecule has 7 aromatic carbocycles. The van der Waals surface area contributed by atoms with Gasteiger partial charge in [0.15, 0.2) is 17.5 Å². The molecule has 0 aliphatic carbocycles. The van der Waals surface area contributed by atoms with Crippen molar-refractivity contribution in [2.45, 2.75) is 0 Å². The Morgan fingerprint density at radius 2 is 0.833 bits per heavy atom. The molecule has 1 aromatic heterocycles. The average molecular weight is 613 g/mol. The highest BCUT2D eigenvalue weighted by Crippen LogP contribution is 2.42. The van der Waals surface area contributed by atoms with Crippen LogP contribution in [0.25, 0.3) is 78.3 Å². The molecule has 8 aromatic rings. The second-order valence-electron chi connectivity index (χ2n) is 11.6. The molecule has 224 valence electrons. The van der Waals surface area contributed by atoms with Gasteiger partial charge in [0, 0.05) is 22.3 Å². The van der Waals surface area contributed by atoms with Crippen LogP contribution in [0.1, 0.15) is 5.56 Å². The molecule has 1 heterocycles. The topological polar surface area (TPSA) is 62.5 Å². The summed E-state index contributed by atoms with van der Waals surface area (Å²) in [6.07, 6.45) is 0. The minimum atomic E-state index is 0.543. The molecule has 0 saturated heterocycles. The second-order valence-corrected chi connectivity index (χ2v) is 11.6. The van der Waals surface area contributed by atoms with Gasteiger partial charge in [-0.2, -0.15) is 5.26 Å². The lowest BCUT2D eigenvalue weighted by atomic mass is 9.88. The molecule has 0 N–H and O–H groups in total. The van der Waals surface area contributed by atoms with Gasteiger partial charge in [-0.3, -0.25) is 0 Å². The van der Waals surface area contributed by atoms with Crippen molar-refractivity contribution in [2.24, 2.45) is 0 Å². The number of rotatable bonds is 6. The van der Waals surface area contributed by atoms with Crippen LogP contribution >= 0.6 is 0 Å². The van der Waals surface area contributed by atoms with Gasteiger partial charge in [-0.1, -0.05) is 146 Å². The van der Waals surface area contributed by atoms with Gasteiger partial charge in [0.25, 0.3) is 0 Å². The van der Waals surface area contributed by atoms with Crippen LogP contribution in [-0.4, -0.2) is 15.0 Å². The van der Waals surface area contributed by atoms with Crippen molar-refractivity contribution < 1.29 is 0 Å². The van der Waals surface area contributed by atoms with Gasteiger partial charge < -0.3 is 0 Å². The minimum Gasteiger partial charge on any atom is -0.208 e. The Balaban J connectivity index is 1.36. The van der Waals surface area contributed by atoms with E-state index in [1.165, 1.54) is 10.8 Å². The zero-order valence-corrected chi connectivity index (χ0v) is 26.0. The van der Waals surface area contributed by atoms with Crippen molar-refractivity contribution in [3.63, 3.8) is 0 Å². The van der Waals surface area contributed by atoms with E-state index >= 15 is 0 Å². The summed E-state index contributed by atoms with van der Waals surface area (Å²) < 4.78 is 0. The van der Waals surface area contributed by atoms with Crippen molar-refractivity contribution in [1.29, 1.82) is 5.26 Å². The van der Waals surface area contributed by atoms with Crippen molar-refractivity contribution in [3.8, 4) is 73.6 Å². The summed E-state index contributed by atoms with van der Waals surface area (Å²) in [5.41, 5.74) is 9.83. The highest BCUT2D eigenvalue weighted by Gasteiger charge is 2.20. The van der Waals surface area contributed by atoms with Gasteiger partial charge in [0.1, 0.15) is 0 Å². The van der Waals surface area contributed by atoms with E-state index in [9.17, 15) is 5.26 Å². The van der Waals surface area contributed by atoms with Gasteiger partial charge in [0.05, 0.1) is 11.6 Å². The molecule has 0 radical (unpaired) electrons. The first-order valence-corrected chi connectivity index (χ1v) is 15.8. The van der Waals surface area contributed by atoms with Crippen LogP contribution in [0.2, 0.25) is 0 Å². The third-order valence-electron chi connectivity index (χ3n) is 8.61. The molecule has 0 unspecified atom stereocenters. The maximum atomic E-state index is 9.42. The molecule has 0 fully saturated rings. The van der Waals surface area contributed by atoms with Crippen LogP contribution < -0.4 is 0 Å². The van der Waals surface area contributed by atoms with Gasteiger partial charge in [-0.05, 0) is 62.9 Å². The van der Waals surface area contributed by atoms with E-state index in [1.54, 1.807) is 12.1 Å². The van der Waals surface area contributed by atoms with E-state index in [0.717, 1.165) is 50.1 Å². The van der Waals surface area contributed by atoms with E-state index < -0.39 is 0 Å². The Bertz CT molecular complexity index is 2420. The third kappa shape index (κ3) is 5.51. The van der Waals surface area contributed by atoms with E-state index in [2.05, 4.69) is 127 Å². The van der Waals surface area contributed by atoms with Crippen LogP contribution in [0, 0.1) is 11.3 Å². The average Bonchev–Trinajstić information content (AvgIpc) is 3.18. The van der Waals surface area contributed by atoms with Crippen molar-refractivity contribution >= 4 is 10.8 Å². The van der Waals surface area contributed by atoms with Crippen molar-refractivity contribution in [2.75, 3.05) is 0 Å². The molecule has 0 saturated carbocycles. The summed E-state index contributed by atoms with van der Waals surface area (Å²) in [7, 11) is 0. The van der Waals surface area contributed by atoms with Crippen LogP contribution in [0.15, 0.2) is 170 Å². The van der Waals surface area contributed by atoms with Crippen molar-refractivity contribution in [3.05, 3.63) is 175 Å². The standard InChI is InChI=1S/C44H28N4/c45-29-30-21-23-35(24-22-30)42-46-43(36-27-25-32(26-28-36)31-11-3-1-4-12-31)48-44(47-42)40-20-10-19-39(41(40)34-14-5-2-6-15-34)38-18-9-16-33-13-7-8-17-37(33)38/h1-28H. The smallest absolute Gasteiger partial charge is 0.164 e. The Labute approximate surface area is 279 Å². The summed E-state index contributed by atoms with van der Waals surface area (Å²) in [5, 5.41) is 11.8. The quantitative estimate of drug-likeness (QED) is 0.187. The Morgan fingerprint density at radius 1 is 0.354 bits per heavy atom. The van der Waals surface area contributed by atoms with Crippen LogP contribution in [0.3, 0.4) is 0 Å². The molecule has 0 atom stereocenters. The van der Waals surface area contributed by atoms with Gasteiger partial charge in [0.2, 0.25) is 0 Å². The molecule has 0 amide bonds. The molecule has 4 heteroatoms. The molecule has 0 aliphatic rings. The van der Waals surface area contributed by atoms with Crippen LogP contribution in [0.5, 0.6) is 0 Å². The summed E-state index contributed by atoms with van der Waals surface area (Å²) in [4.78, 5) is 15.2. The Morgan fingerprint density at radius 3 is 1.52 bits per heavy atom. The number of aromatic nitrogens is 3. The highest BCUT2D eigenvalue weighted by atomic mass is 15.0. The van der Waals surface area contributed by atoms with Gasteiger partial charge in [-0.15, -0.1) is 0 Å². The molecular formula is C44H28N4. The number of fused-ring (bicyclic) bond motifs is 1. The number of benzene rings is 7. The molecule has 0 spiro atoms.